The molecule has 0 saturated carbocycles. The standard InChI is InChI=1S/C16H15F2N3O2/c17-16(18)9-20(10-16)15(22)12-8-13-14(11-4-2-1-3-5-11)23-7-6-21(13)19-12/h1-5,8,14H,6-7,9-10H2. The van der Waals surface area contributed by atoms with Gasteiger partial charge in [0.2, 0.25) is 0 Å². The largest absolute Gasteiger partial charge is 0.365 e. The molecule has 1 unspecified atom stereocenters. The number of benzene rings is 1. The number of likely N-dealkylation sites (tertiary alicyclic amines) is 1. The van der Waals surface area contributed by atoms with E-state index >= 15 is 0 Å². The molecule has 2 aliphatic heterocycles. The van der Waals surface area contributed by atoms with E-state index in [4.69, 9.17) is 4.74 Å². The summed E-state index contributed by atoms with van der Waals surface area (Å²) in [5.41, 5.74) is 1.95. The third-order valence-corrected chi connectivity index (χ3v) is 4.12. The van der Waals surface area contributed by atoms with Gasteiger partial charge in [0.1, 0.15) is 6.10 Å². The van der Waals surface area contributed by atoms with Gasteiger partial charge >= 0.3 is 0 Å². The maximum Gasteiger partial charge on any atom is 0.282 e. The molecule has 0 bridgehead atoms. The van der Waals surface area contributed by atoms with E-state index in [0.29, 0.717) is 13.2 Å². The Bertz CT molecular complexity index is 737. The van der Waals surface area contributed by atoms with Crippen LogP contribution < -0.4 is 0 Å². The molecular weight excluding hydrogens is 304 g/mol. The van der Waals surface area contributed by atoms with Gasteiger partial charge in [-0.15, -0.1) is 0 Å². The number of rotatable bonds is 2. The van der Waals surface area contributed by atoms with Crippen molar-refractivity contribution in [1.82, 2.24) is 14.7 Å². The molecule has 3 heterocycles. The Balaban J connectivity index is 1.61. The van der Waals surface area contributed by atoms with E-state index in [2.05, 4.69) is 5.10 Å². The number of ether oxygens (including phenoxy) is 1. The molecule has 0 aliphatic carbocycles. The Morgan fingerprint density at radius 2 is 2.00 bits per heavy atom. The van der Waals surface area contributed by atoms with Gasteiger partial charge in [-0.2, -0.15) is 5.10 Å². The second-order valence-electron chi connectivity index (χ2n) is 5.86. The van der Waals surface area contributed by atoms with Crippen molar-refractivity contribution in [2.45, 2.75) is 18.6 Å². The van der Waals surface area contributed by atoms with Crippen molar-refractivity contribution >= 4 is 5.91 Å². The number of fused-ring (bicyclic) bond motifs is 1. The van der Waals surface area contributed by atoms with E-state index in [0.717, 1.165) is 16.2 Å². The lowest BCUT2D eigenvalue weighted by Crippen LogP contribution is -2.58. The first kappa shape index (κ1) is 14.3. The molecule has 2 aromatic rings. The van der Waals surface area contributed by atoms with Gasteiger partial charge in [0.25, 0.3) is 11.8 Å². The zero-order valence-corrected chi connectivity index (χ0v) is 12.3. The fourth-order valence-electron chi connectivity index (χ4n) is 2.98. The van der Waals surface area contributed by atoms with Crippen LogP contribution >= 0.6 is 0 Å². The van der Waals surface area contributed by atoms with Crippen LogP contribution in [0, 0.1) is 0 Å². The van der Waals surface area contributed by atoms with Gasteiger partial charge in [0, 0.05) is 0 Å². The lowest BCUT2D eigenvalue weighted by atomic mass is 10.0. The highest BCUT2D eigenvalue weighted by Crippen LogP contribution is 2.31. The average Bonchev–Trinajstić information content (AvgIpc) is 2.96. The first-order chi connectivity index (χ1) is 11.0. The zero-order valence-electron chi connectivity index (χ0n) is 12.3. The Morgan fingerprint density at radius 1 is 1.26 bits per heavy atom. The van der Waals surface area contributed by atoms with Crippen LogP contribution in [0.3, 0.4) is 0 Å². The molecule has 1 saturated heterocycles. The van der Waals surface area contributed by atoms with E-state index in [1.165, 1.54) is 0 Å². The summed E-state index contributed by atoms with van der Waals surface area (Å²) >= 11 is 0. The number of aromatic nitrogens is 2. The van der Waals surface area contributed by atoms with Crippen LogP contribution in [0.4, 0.5) is 8.78 Å². The number of nitrogens with zero attached hydrogens (tertiary/aromatic N) is 3. The monoisotopic (exact) mass is 319 g/mol. The minimum Gasteiger partial charge on any atom is -0.365 e. The predicted octanol–water partition coefficient (Wildman–Crippen LogP) is 2.09. The molecule has 0 N–H and O–H groups in total. The summed E-state index contributed by atoms with van der Waals surface area (Å²) < 4.78 is 33.4. The van der Waals surface area contributed by atoms with Crippen molar-refractivity contribution in [3.05, 3.63) is 53.3 Å². The quantitative estimate of drug-likeness (QED) is 0.851. The molecule has 4 rings (SSSR count). The highest BCUT2D eigenvalue weighted by molar-refractivity contribution is 5.93. The number of carbonyl (C=O) groups excluding carboxylic acids is 1. The molecule has 1 amide bonds. The van der Waals surface area contributed by atoms with Crippen molar-refractivity contribution < 1.29 is 18.3 Å². The van der Waals surface area contributed by atoms with E-state index in [-0.39, 0.29) is 11.8 Å². The summed E-state index contributed by atoms with van der Waals surface area (Å²) in [4.78, 5) is 13.4. The summed E-state index contributed by atoms with van der Waals surface area (Å²) in [5, 5.41) is 4.28. The van der Waals surface area contributed by atoms with E-state index in [1.54, 1.807) is 10.7 Å². The van der Waals surface area contributed by atoms with Crippen LogP contribution in [-0.4, -0.2) is 46.2 Å². The van der Waals surface area contributed by atoms with Gasteiger partial charge < -0.3 is 9.64 Å². The zero-order chi connectivity index (χ0) is 16.0. The molecule has 120 valence electrons. The van der Waals surface area contributed by atoms with E-state index in [9.17, 15) is 13.6 Å². The maximum absolute atomic E-state index is 12.9. The number of halogens is 2. The summed E-state index contributed by atoms with van der Waals surface area (Å²) in [6, 6.07) is 11.3. The van der Waals surface area contributed by atoms with Gasteiger partial charge in [-0.25, -0.2) is 8.78 Å². The molecule has 5 nitrogen and oxygen atoms in total. The lowest BCUT2D eigenvalue weighted by molar-refractivity contribution is -0.113. The van der Waals surface area contributed by atoms with Gasteiger partial charge in [0.05, 0.1) is 31.9 Å². The highest BCUT2D eigenvalue weighted by atomic mass is 19.3. The van der Waals surface area contributed by atoms with Crippen LogP contribution in [0.25, 0.3) is 0 Å². The maximum atomic E-state index is 12.9. The molecule has 1 aromatic heterocycles. The van der Waals surface area contributed by atoms with Gasteiger partial charge in [-0.3, -0.25) is 9.48 Å². The van der Waals surface area contributed by atoms with Crippen LogP contribution in [0.1, 0.15) is 27.8 Å². The molecule has 1 atom stereocenters. The Morgan fingerprint density at radius 3 is 2.70 bits per heavy atom. The van der Waals surface area contributed by atoms with Crippen LogP contribution in [0.5, 0.6) is 0 Å². The molecule has 7 heteroatoms. The second-order valence-corrected chi connectivity index (χ2v) is 5.86. The van der Waals surface area contributed by atoms with E-state index in [1.807, 2.05) is 30.3 Å². The third kappa shape index (κ3) is 2.50. The van der Waals surface area contributed by atoms with Gasteiger partial charge in [0.15, 0.2) is 5.69 Å². The lowest BCUT2D eigenvalue weighted by Gasteiger charge is -2.38. The fourth-order valence-corrected chi connectivity index (χ4v) is 2.98. The fraction of sp³-hybridized carbons (Fsp3) is 0.375. The Labute approximate surface area is 131 Å². The molecule has 1 fully saturated rings. The molecule has 1 aromatic carbocycles. The van der Waals surface area contributed by atoms with Crippen molar-refractivity contribution in [2.75, 3.05) is 19.7 Å². The van der Waals surface area contributed by atoms with Gasteiger partial charge in [-0.1, -0.05) is 30.3 Å². The first-order valence-corrected chi connectivity index (χ1v) is 7.45. The predicted molar refractivity (Wildman–Crippen MR) is 77.3 cm³/mol. The van der Waals surface area contributed by atoms with E-state index < -0.39 is 24.9 Å². The summed E-state index contributed by atoms with van der Waals surface area (Å²) in [6.07, 6.45) is -0.295. The normalized spacial score (nSPS) is 22.3. The van der Waals surface area contributed by atoms with Crippen LogP contribution in [0.2, 0.25) is 0 Å². The number of hydrogen-bond donors (Lipinski definition) is 0. The molecule has 2 aliphatic rings. The second kappa shape index (κ2) is 5.13. The first-order valence-electron chi connectivity index (χ1n) is 7.45. The van der Waals surface area contributed by atoms with Crippen molar-refractivity contribution in [3.63, 3.8) is 0 Å². The van der Waals surface area contributed by atoms with Crippen molar-refractivity contribution in [1.29, 1.82) is 0 Å². The molecule has 0 radical (unpaired) electrons. The SMILES string of the molecule is O=C(c1cc2n(n1)CCOC2c1ccccc1)N1CC(F)(F)C1. The summed E-state index contributed by atoms with van der Waals surface area (Å²) in [5.74, 6) is -3.23. The Kier molecular flexibility index (Phi) is 3.19. The summed E-state index contributed by atoms with van der Waals surface area (Å²) in [7, 11) is 0. The highest BCUT2D eigenvalue weighted by Gasteiger charge is 2.47. The third-order valence-electron chi connectivity index (χ3n) is 4.12. The van der Waals surface area contributed by atoms with Crippen molar-refractivity contribution in [2.24, 2.45) is 0 Å². The van der Waals surface area contributed by atoms with Gasteiger partial charge in [-0.05, 0) is 11.6 Å². The van der Waals surface area contributed by atoms with Crippen LogP contribution in [-0.2, 0) is 11.3 Å². The smallest absolute Gasteiger partial charge is 0.282 e. The topological polar surface area (TPSA) is 47.4 Å². The minimum atomic E-state index is -2.77. The van der Waals surface area contributed by atoms with Crippen molar-refractivity contribution in [3.8, 4) is 0 Å². The Hall–Kier alpha value is -2.28. The summed E-state index contributed by atoms with van der Waals surface area (Å²) in [6.45, 7) is -0.0367. The molecule has 0 spiro atoms. The molecule has 23 heavy (non-hydrogen) atoms. The number of carbonyl (C=O) groups is 1. The minimum absolute atomic E-state index is 0.196. The number of alkyl halides is 2. The number of amides is 1. The number of hydrogen-bond acceptors (Lipinski definition) is 3. The average molecular weight is 319 g/mol. The molecular formula is C16H15F2N3O2. The van der Waals surface area contributed by atoms with Crippen LogP contribution in [0.15, 0.2) is 36.4 Å².